The topological polar surface area (TPSA) is 125 Å². The molecule has 0 saturated heterocycles. The van der Waals surface area contributed by atoms with Gasteiger partial charge in [0.1, 0.15) is 6.20 Å². The summed E-state index contributed by atoms with van der Waals surface area (Å²) in [5, 5.41) is 14.9. The summed E-state index contributed by atoms with van der Waals surface area (Å²) in [4.78, 5) is 17.8. The Bertz CT molecular complexity index is 565. The Hall–Kier alpha value is -2.55. The van der Waals surface area contributed by atoms with Crippen LogP contribution in [0.4, 0.5) is 11.6 Å². The molecule has 0 unspecified atom stereocenters. The van der Waals surface area contributed by atoms with E-state index in [4.69, 9.17) is 5.84 Å². The van der Waals surface area contributed by atoms with Gasteiger partial charge in [-0.3, -0.25) is 15.5 Å². The maximum absolute atomic E-state index is 10.8. The first-order valence-electron chi connectivity index (χ1n) is 4.62. The van der Waals surface area contributed by atoms with Gasteiger partial charge >= 0.3 is 5.69 Å². The van der Waals surface area contributed by atoms with E-state index >= 15 is 0 Å². The van der Waals surface area contributed by atoms with Gasteiger partial charge in [0.2, 0.25) is 11.8 Å². The molecule has 9 nitrogen and oxygen atoms in total. The molecule has 0 atom stereocenters. The van der Waals surface area contributed by atoms with Crippen molar-refractivity contribution in [3.8, 4) is 5.82 Å². The van der Waals surface area contributed by atoms with Crippen molar-refractivity contribution in [3.63, 3.8) is 0 Å². The van der Waals surface area contributed by atoms with Crippen molar-refractivity contribution in [1.82, 2.24) is 19.7 Å². The molecule has 0 aliphatic heterocycles. The van der Waals surface area contributed by atoms with Gasteiger partial charge in [-0.05, 0) is 13.0 Å². The van der Waals surface area contributed by atoms with E-state index in [1.54, 1.807) is 19.2 Å². The lowest BCUT2D eigenvalue weighted by atomic mass is 10.5. The van der Waals surface area contributed by atoms with Gasteiger partial charge in [0.05, 0.1) is 10.6 Å². The Kier molecular flexibility index (Phi) is 2.66. The van der Waals surface area contributed by atoms with E-state index in [0.29, 0.717) is 0 Å². The van der Waals surface area contributed by atoms with Crippen molar-refractivity contribution in [2.75, 3.05) is 5.43 Å². The smallest absolute Gasteiger partial charge is 0.292 e. The van der Waals surface area contributed by atoms with Crippen molar-refractivity contribution in [2.24, 2.45) is 5.84 Å². The highest BCUT2D eigenvalue weighted by atomic mass is 16.6. The minimum Gasteiger partial charge on any atom is -0.292 e. The zero-order valence-corrected chi connectivity index (χ0v) is 8.86. The van der Waals surface area contributed by atoms with Crippen LogP contribution < -0.4 is 11.3 Å². The summed E-state index contributed by atoms with van der Waals surface area (Å²) in [5.41, 5.74) is 2.70. The van der Waals surface area contributed by atoms with Crippen LogP contribution in [0.3, 0.4) is 0 Å². The lowest BCUT2D eigenvalue weighted by Crippen LogP contribution is -2.13. The van der Waals surface area contributed by atoms with E-state index < -0.39 is 4.92 Å². The molecule has 0 amide bonds. The molecule has 0 radical (unpaired) electrons. The third-order valence-electron chi connectivity index (χ3n) is 2.02. The van der Waals surface area contributed by atoms with E-state index in [-0.39, 0.29) is 17.5 Å². The fraction of sp³-hybridized carbons (Fsp3) is 0.125. The largest absolute Gasteiger partial charge is 0.332 e. The molecule has 17 heavy (non-hydrogen) atoms. The molecule has 0 spiro atoms. The average molecular weight is 235 g/mol. The number of aryl methyl sites for hydroxylation is 1. The van der Waals surface area contributed by atoms with Crippen molar-refractivity contribution in [1.29, 1.82) is 0 Å². The number of anilines is 1. The fourth-order valence-electron chi connectivity index (χ4n) is 1.27. The lowest BCUT2D eigenvalue weighted by Gasteiger charge is -2.03. The molecule has 0 bridgehead atoms. The molecular weight excluding hydrogens is 226 g/mol. The van der Waals surface area contributed by atoms with E-state index in [2.05, 4.69) is 20.5 Å². The molecule has 0 aliphatic carbocycles. The summed E-state index contributed by atoms with van der Waals surface area (Å²) in [6.07, 6.45) is 2.65. The number of nitrogens with zero attached hydrogens (tertiary/aromatic N) is 5. The van der Waals surface area contributed by atoms with Crippen LogP contribution in [0.5, 0.6) is 0 Å². The van der Waals surface area contributed by atoms with Crippen LogP contribution in [0.15, 0.2) is 18.5 Å². The number of aromatic nitrogens is 4. The predicted octanol–water partition coefficient (Wildman–Crippen LogP) is 0.165. The number of rotatable bonds is 3. The third kappa shape index (κ3) is 2.03. The molecule has 88 valence electrons. The molecule has 3 N–H and O–H groups in total. The summed E-state index contributed by atoms with van der Waals surface area (Å²) in [6.45, 7) is 1.77. The van der Waals surface area contributed by atoms with E-state index in [1.807, 2.05) is 0 Å². The van der Waals surface area contributed by atoms with Gasteiger partial charge in [-0.25, -0.2) is 15.5 Å². The summed E-state index contributed by atoms with van der Waals surface area (Å²) in [5.74, 6) is 5.30. The number of nitrogen functional groups attached to an aromatic ring is 1. The van der Waals surface area contributed by atoms with Crippen LogP contribution in [-0.4, -0.2) is 24.7 Å². The number of hydrogen-bond acceptors (Lipinski definition) is 7. The average Bonchev–Trinajstić information content (AvgIpc) is 2.75. The van der Waals surface area contributed by atoms with E-state index in [1.165, 1.54) is 4.68 Å². The van der Waals surface area contributed by atoms with Crippen molar-refractivity contribution in [2.45, 2.75) is 6.92 Å². The first kappa shape index (κ1) is 11.0. The van der Waals surface area contributed by atoms with Crippen LogP contribution >= 0.6 is 0 Å². The summed E-state index contributed by atoms with van der Waals surface area (Å²) in [6, 6.07) is 1.71. The Labute approximate surface area is 95.4 Å². The van der Waals surface area contributed by atoms with Gasteiger partial charge < -0.3 is 0 Å². The molecule has 0 fully saturated rings. The van der Waals surface area contributed by atoms with Gasteiger partial charge in [0.25, 0.3) is 0 Å². The monoisotopic (exact) mass is 235 g/mol. The lowest BCUT2D eigenvalue weighted by molar-refractivity contribution is -0.385. The summed E-state index contributed by atoms with van der Waals surface area (Å²) < 4.78 is 1.30. The molecule has 2 aromatic rings. The highest BCUT2D eigenvalue weighted by Gasteiger charge is 2.19. The highest BCUT2D eigenvalue weighted by molar-refractivity contribution is 5.47. The zero-order valence-electron chi connectivity index (χ0n) is 8.86. The third-order valence-corrected chi connectivity index (χ3v) is 2.02. The van der Waals surface area contributed by atoms with Crippen LogP contribution in [0, 0.1) is 17.0 Å². The number of nitrogens with two attached hydrogens (primary N) is 1. The first-order chi connectivity index (χ1) is 8.11. The van der Waals surface area contributed by atoms with Gasteiger partial charge in [0.15, 0.2) is 0 Å². The molecule has 2 heterocycles. The van der Waals surface area contributed by atoms with Gasteiger partial charge in [-0.1, -0.05) is 0 Å². The van der Waals surface area contributed by atoms with Crippen LogP contribution in [0.2, 0.25) is 0 Å². The SMILES string of the molecule is Cc1ccn(-c2nc(NN)ncc2[N+](=O)[O-])n1. The highest BCUT2D eigenvalue weighted by Crippen LogP contribution is 2.20. The van der Waals surface area contributed by atoms with Crippen LogP contribution in [0.25, 0.3) is 5.82 Å². The second kappa shape index (κ2) is 4.14. The standard InChI is InChI=1S/C8H9N7O2/c1-5-2-3-14(13-5)7-6(15(16)17)4-10-8(11-7)12-9/h2-4H,9H2,1H3,(H,10,11,12). The Morgan fingerprint density at radius 2 is 2.35 bits per heavy atom. The molecule has 2 aromatic heterocycles. The maximum atomic E-state index is 10.8. The number of nitro groups is 1. The van der Waals surface area contributed by atoms with E-state index in [0.717, 1.165) is 11.9 Å². The fourth-order valence-corrected chi connectivity index (χ4v) is 1.27. The predicted molar refractivity (Wildman–Crippen MR) is 58.4 cm³/mol. The number of hydrogen-bond donors (Lipinski definition) is 2. The molecule has 0 aliphatic rings. The number of hydrazine groups is 1. The normalized spacial score (nSPS) is 10.2. The molecule has 0 saturated carbocycles. The van der Waals surface area contributed by atoms with Crippen molar-refractivity contribution < 1.29 is 4.92 Å². The summed E-state index contributed by atoms with van der Waals surface area (Å²) >= 11 is 0. The van der Waals surface area contributed by atoms with Gasteiger partial charge in [-0.2, -0.15) is 10.1 Å². The van der Waals surface area contributed by atoms with E-state index in [9.17, 15) is 10.1 Å². The second-order valence-electron chi connectivity index (χ2n) is 3.21. The Morgan fingerprint density at radius 1 is 1.59 bits per heavy atom. The second-order valence-corrected chi connectivity index (χ2v) is 3.21. The Balaban J connectivity index is 2.60. The minimum absolute atomic E-state index is 0.0612. The van der Waals surface area contributed by atoms with Crippen molar-refractivity contribution in [3.05, 3.63) is 34.3 Å². The van der Waals surface area contributed by atoms with Crippen LogP contribution in [-0.2, 0) is 0 Å². The number of nitrogens with one attached hydrogen (secondary N) is 1. The summed E-state index contributed by atoms with van der Waals surface area (Å²) in [7, 11) is 0. The molecule has 0 aromatic carbocycles. The maximum Gasteiger partial charge on any atom is 0.332 e. The molecular formula is C8H9N7O2. The Morgan fingerprint density at radius 3 is 2.88 bits per heavy atom. The van der Waals surface area contributed by atoms with Crippen LogP contribution in [0.1, 0.15) is 5.69 Å². The minimum atomic E-state index is -0.577. The van der Waals surface area contributed by atoms with Crippen molar-refractivity contribution >= 4 is 11.6 Å². The zero-order chi connectivity index (χ0) is 12.4. The van der Waals surface area contributed by atoms with Gasteiger partial charge in [-0.15, -0.1) is 0 Å². The van der Waals surface area contributed by atoms with Gasteiger partial charge in [0, 0.05) is 6.20 Å². The quantitative estimate of drug-likeness (QED) is 0.441. The first-order valence-corrected chi connectivity index (χ1v) is 4.62. The molecule has 2 rings (SSSR count). The molecule has 9 heteroatoms.